The molecule has 0 unspecified atom stereocenters. The maximum atomic E-state index is 13.9. The van der Waals surface area contributed by atoms with Gasteiger partial charge in [0.25, 0.3) is 0 Å². The van der Waals surface area contributed by atoms with Crippen LogP contribution >= 0.6 is 11.3 Å². The standard InChI is InChI=1S/C26H16F2N4O3S2/c1-35-24-11-22(16-6-18(27)10-19(28)7-16)17(12-29)9-23(24)26-21-3-2-20(8-15(21)4-5-30-26)37(33,34)13-25-32-31-14-36-25/h2-11,14H,13H2,1H3. The van der Waals surface area contributed by atoms with Crippen molar-refractivity contribution in [2.75, 3.05) is 7.11 Å². The molecule has 37 heavy (non-hydrogen) atoms. The van der Waals surface area contributed by atoms with Crippen LogP contribution in [0.5, 0.6) is 5.75 Å². The molecule has 3 aromatic carbocycles. The van der Waals surface area contributed by atoms with Crippen LogP contribution in [-0.4, -0.2) is 30.7 Å². The maximum Gasteiger partial charge on any atom is 0.184 e. The number of halogens is 2. The van der Waals surface area contributed by atoms with Crippen LogP contribution in [0.3, 0.4) is 0 Å². The fraction of sp³-hybridized carbons (Fsp3) is 0.0769. The molecule has 0 aliphatic heterocycles. The summed E-state index contributed by atoms with van der Waals surface area (Å²) in [6, 6.07) is 14.5. The van der Waals surface area contributed by atoms with Gasteiger partial charge in [-0.1, -0.05) is 6.07 Å². The molecule has 0 atom stereocenters. The number of benzene rings is 3. The normalized spacial score (nSPS) is 11.4. The van der Waals surface area contributed by atoms with Crippen molar-refractivity contribution in [2.24, 2.45) is 0 Å². The summed E-state index contributed by atoms with van der Waals surface area (Å²) in [4.78, 5) is 4.59. The van der Waals surface area contributed by atoms with Gasteiger partial charge in [-0.3, -0.25) is 4.98 Å². The van der Waals surface area contributed by atoms with Crippen LogP contribution in [0.1, 0.15) is 10.6 Å². The van der Waals surface area contributed by atoms with Gasteiger partial charge in [0, 0.05) is 28.8 Å². The highest BCUT2D eigenvalue weighted by Crippen LogP contribution is 2.39. The Bertz CT molecular complexity index is 1780. The molecule has 0 amide bonds. The summed E-state index contributed by atoms with van der Waals surface area (Å²) < 4.78 is 59.1. The molecule has 2 heterocycles. The zero-order chi connectivity index (χ0) is 26.2. The highest BCUT2D eigenvalue weighted by Gasteiger charge is 2.21. The van der Waals surface area contributed by atoms with Crippen molar-refractivity contribution in [3.8, 4) is 34.2 Å². The minimum atomic E-state index is -3.66. The zero-order valence-corrected chi connectivity index (χ0v) is 20.8. The number of hydrogen-bond acceptors (Lipinski definition) is 8. The van der Waals surface area contributed by atoms with Crippen molar-refractivity contribution in [3.63, 3.8) is 0 Å². The molecule has 2 aromatic heterocycles. The zero-order valence-electron chi connectivity index (χ0n) is 19.1. The fourth-order valence-electron chi connectivity index (χ4n) is 4.04. The molecule has 7 nitrogen and oxygen atoms in total. The third-order valence-corrected chi connectivity index (χ3v) is 8.21. The number of fused-ring (bicyclic) bond motifs is 1. The Kier molecular flexibility index (Phi) is 6.37. The largest absolute Gasteiger partial charge is 0.496 e. The van der Waals surface area contributed by atoms with Gasteiger partial charge in [0.15, 0.2) is 9.84 Å². The second kappa shape index (κ2) is 9.65. The van der Waals surface area contributed by atoms with E-state index in [4.69, 9.17) is 4.74 Å². The summed E-state index contributed by atoms with van der Waals surface area (Å²) in [5.41, 5.74) is 3.05. The van der Waals surface area contributed by atoms with E-state index in [-0.39, 0.29) is 21.8 Å². The van der Waals surface area contributed by atoms with Crippen LogP contribution in [0, 0.1) is 23.0 Å². The number of ether oxygens (including phenoxy) is 1. The van der Waals surface area contributed by atoms with Crippen LogP contribution in [0.25, 0.3) is 33.2 Å². The van der Waals surface area contributed by atoms with Gasteiger partial charge in [-0.15, -0.1) is 21.5 Å². The quantitative estimate of drug-likeness (QED) is 0.281. The maximum absolute atomic E-state index is 13.9. The van der Waals surface area contributed by atoms with Gasteiger partial charge in [0.05, 0.1) is 29.3 Å². The first kappa shape index (κ1) is 24.4. The van der Waals surface area contributed by atoms with Gasteiger partial charge in [-0.25, -0.2) is 17.2 Å². The predicted molar refractivity (Wildman–Crippen MR) is 135 cm³/mol. The highest BCUT2D eigenvalue weighted by molar-refractivity contribution is 7.90. The summed E-state index contributed by atoms with van der Waals surface area (Å²) in [6.07, 6.45) is 1.53. The predicted octanol–water partition coefficient (Wildman–Crippen LogP) is 5.55. The van der Waals surface area contributed by atoms with E-state index in [0.29, 0.717) is 38.4 Å². The fourth-order valence-corrected chi connectivity index (χ4v) is 6.22. The van der Waals surface area contributed by atoms with Crippen LogP contribution < -0.4 is 4.74 Å². The Balaban J connectivity index is 1.63. The van der Waals surface area contributed by atoms with Crippen LogP contribution in [-0.2, 0) is 15.6 Å². The first-order valence-corrected chi connectivity index (χ1v) is 13.3. The molecule has 0 fully saturated rings. The second-order valence-corrected chi connectivity index (χ2v) is 10.9. The number of aromatic nitrogens is 3. The number of hydrogen-bond donors (Lipinski definition) is 0. The smallest absolute Gasteiger partial charge is 0.184 e. The van der Waals surface area contributed by atoms with Crippen molar-refractivity contribution in [1.82, 2.24) is 15.2 Å². The topological polar surface area (TPSA) is 106 Å². The Morgan fingerprint density at radius 3 is 2.49 bits per heavy atom. The van der Waals surface area contributed by atoms with E-state index in [1.165, 1.54) is 30.9 Å². The summed E-state index contributed by atoms with van der Waals surface area (Å²) in [5, 5.41) is 19.0. The van der Waals surface area contributed by atoms with Crippen molar-refractivity contribution in [3.05, 3.63) is 88.5 Å². The van der Waals surface area contributed by atoms with E-state index >= 15 is 0 Å². The van der Waals surface area contributed by atoms with Gasteiger partial charge < -0.3 is 4.74 Å². The van der Waals surface area contributed by atoms with Crippen molar-refractivity contribution < 1.29 is 21.9 Å². The Morgan fingerprint density at radius 1 is 1.03 bits per heavy atom. The molecule has 5 aromatic rings. The molecule has 0 aliphatic carbocycles. The molecule has 0 aliphatic rings. The molecule has 0 saturated carbocycles. The van der Waals surface area contributed by atoms with Gasteiger partial charge in [0.2, 0.25) is 0 Å². The Labute approximate surface area is 214 Å². The Morgan fingerprint density at radius 2 is 1.81 bits per heavy atom. The summed E-state index contributed by atoms with van der Waals surface area (Å²) in [6.45, 7) is 0. The van der Waals surface area contributed by atoms with Gasteiger partial charge in [-0.2, -0.15) is 5.26 Å². The van der Waals surface area contributed by atoms with E-state index in [9.17, 15) is 22.5 Å². The van der Waals surface area contributed by atoms with E-state index < -0.39 is 21.5 Å². The number of methoxy groups -OCH3 is 1. The number of nitrogens with zero attached hydrogens (tertiary/aromatic N) is 4. The molecule has 11 heteroatoms. The molecule has 0 N–H and O–H groups in total. The van der Waals surface area contributed by atoms with E-state index in [0.717, 1.165) is 29.5 Å². The second-order valence-electron chi connectivity index (χ2n) is 8.00. The van der Waals surface area contributed by atoms with Crippen molar-refractivity contribution in [1.29, 1.82) is 5.26 Å². The lowest BCUT2D eigenvalue weighted by atomic mass is 9.94. The summed E-state index contributed by atoms with van der Waals surface area (Å²) in [5.74, 6) is -1.47. The third kappa shape index (κ3) is 4.76. The first-order chi connectivity index (χ1) is 17.8. The van der Waals surface area contributed by atoms with E-state index in [2.05, 4.69) is 21.3 Å². The lowest BCUT2D eigenvalue weighted by molar-refractivity contribution is 0.416. The van der Waals surface area contributed by atoms with E-state index in [1.54, 1.807) is 24.3 Å². The Hall–Kier alpha value is -4.27. The number of nitriles is 1. The summed E-state index contributed by atoms with van der Waals surface area (Å²) >= 11 is 1.16. The highest BCUT2D eigenvalue weighted by atomic mass is 32.2. The molecule has 0 bridgehead atoms. The van der Waals surface area contributed by atoms with Crippen LogP contribution in [0.15, 0.2) is 71.2 Å². The molecule has 5 rings (SSSR count). The average molecular weight is 535 g/mol. The molecule has 0 saturated heterocycles. The van der Waals surface area contributed by atoms with Gasteiger partial charge >= 0.3 is 0 Å². The lowest BCUT2D eigenvalue weighted by Gasteiger charge is -2.15. The van der Waals surface area contributed by atoms with E-state index in [1.807, 2.05) is 0 Å². The summed E-state index contributed by atoms with van der Waals surface area (Å²) in [7, 11) is -2.23. The van der Waals surface area contributed by atoms with Gasteiger partial charge in [-0.05, 0) is 53.4 Å². The number of sulfone groups is 1. The van der Waals surface area contributed by atoms with Crippen molar-refractivity contribution in [2.45, 2.75) is 10.6 Å². The van der Waals surface area contributed by atoms with Crippen LogP contribution in [0.4, 0.5) is 8.78 Å². The molecule has 0 spiro atoms. The first-order valence-electron chi connectivity index (χ1n) is 10.7. The lowest BCUT2D eigenvalue weighted by Crippen LogP contribution is -2.05. The average Bonchev–Trinajstić information content (AvgIpc) is 3.39. The van der Waals surface area contributed by atoms with Crippen molar-refractivity contribution >= 4 is 31.9 Å². The molecular weight excluding hydrogens is 518 g/mol. The minimum absolute atomic E-state index is 0.125. The van der Waals surface area contributed by atoms with Gasteiger partial charge in [0.1, 0.15) is 33.7 Å². The van der Waals surface area contributed by atoms with Crippen LogP contribution in [0.2, 0.25) is 0 Å². The number of rotatable bonds is 6. The SMILES string of the molecule is COc1cc(-c2cc(F)cc(F)c2)c(C#N)cc1-c1nccc2cc(S(=O)(=O)Cc3nncs3)ccc12. The molecular formula is C26H16F2N4O3S2. The third-order valence-electron chi connectivity index (χ3n) is 5.70. The molecule has 0 radical (unpaired) electrons. The minimum Gasteiger partial charge on any atom is -0.496 e. The number of pyridine rings is 1. The molecule has 184 valence electrons. The monoisotopic (exact) mass is 534 g/mol.